The van der Waals surface area contributed by atoms with Crippen LogP contribution in [0.15, 0.2) is 17.0 Å². The van der Waals surface area contributed by atoms with E-state index in [4.69, 9.17) is 9.47 Å². The lowest BCUT2D eigenvalue weighted by Gasteiger charge is -2.16. The predicted octanol–water partition coefficient (Wildman–Crippen LogP) is 3.95. The van der Waals surface area contributed by atoms with E-state index in [2.05, 4.69) is 30.6 Å². The summed E-state index contributed by atoms with van der Waals surface area (Å²) in [6, 6.07) is 4.16. The Bertz CT molecular complexity index is 464. The molecule has 0 aromatic heterocycles. The van der Waals surface area contributed by atoms with Crippen LogP contribution in [-0.2, 0) is 6.54 Å². The van der Waals surface area contributed by atoms with Gasteiger partial charge in [0.1, 0.15) is 0 Å². The average molecular weight is 309 g/mol. The van der Waals surface area contributed by atoms with Gasteiger partial charge >= 0.3 is 0 Å². The van der Waals surface area contributed by atoms with Crippen LogP contribution in [0.25, 0.3) is 0 Å². The van der Waals surface area contributed by atoms with E-state index in [0.717, 1.165) is 36.4 Å². The molecule has 0 amide bonds. The SMILES string of the molecule is COc1cc(CNCC2CCC(C)C2)c(SC)cc1OC. The molecule has 0 saturated heterocycles. The van der Waals surface area contributed by atoms with E-state index in [0.29, 0.717) is 0 Å². The zero-order valence-electron chi connectivity index (χ0n) is 13.6. The quantitative estimate of drug-likeness (QED) is 0.773. The van der Waals surface area contributed by atoms with Crippen LogP contribution in [0.2, 0.25) is 0 Å². The number of hydrogen-bond acceptors (Lipinski definition) is 4. The summed E-state index contributed by atoms with van der Waals surface area (Å²) < 4.78 is 10.8. The van der Waals surface area contributed by atoms with E-state index in [1.807, 2.05) is 0 Å². The molecule has 0 bridgehead atoms. The highest BCUT2D eigenvalue weighted by atomic mass is 32.2. The first-order chi connectivity index (χ1) is 10.2. The molecule has 1 saturated carbocycles. The fourth-order valence-electron chi connectivity index (χ4n) is 3.15. The van der Waals surface area contributed by atoms with E-state index in [1.165, 1.54) is 29.7 Å². The molecule has 1 aromatic carbocycles. The fraction of sp³-hybridized carbons (Fsp3) is 0.647. The molecule has 1 aromatic rings. The van der Waals surface area contributed by atoms with Crippen LogP contribution < -0.4 is 14.8 Å². The van der Waals surface area contributed by atoms with Crippen molar-refractivity contribution in [3.05, 3.63) is 17.7 Å². The van der Waals surface area contributed by atoms with Crippen LogP contribution in [0.4, 0.5) is 0 Å². The molecule has 21 heavy (non-hydrogen) atoms. The number of benzene rings is 1. The predicted molar refractivity (Wildman–Crippen MR) is 89.5 cm³/mol. The van der Waals surface area contributed by atoms with Crippen molar-refractivity contribution in [2.75, 3.05) is 27.0 Å². The van der Waals surface area contributed by atoms with Gasteiger partial charge in [-0.3, -0.25) is 0 Å². The van der Waals surface area contributed by atoms with Gasteiger partial charge in [0.25, 0.3) is 0 Å². The Morgan fingerprint density at radius 2 is 1.90 bits per heavy atom. The summed E-state index contributed by atoms with van der Waals surface area (Å²) in [5.74, 6) is 3.36. The largest absolute Gasteiger partial charge is 0.493 e. The Balaban J connectivity index is 1.98. The van der Waals surface area contributed by atoms with Crippen molar-refractivity contribution >= 4 is 11.8 Å². The minimum Gasteiger partial charge on any atom is -0.493 e. The maximum absolute atomic E-state index is 5.41. The summed E-state index contributed by atoms with van der Waals surface area (Å²) in [6.45, 7) is 4.37. The molecule has 1 fully saturated rings. The summed E-state index contributed by atoms with van der Waals surface area (Å²) in [5.41, 5.74) is 1.28. The van der Waals surface area contributed by atoms with Crippen LogP contribution in [0.5, 0.6) is 11.5 Å². The number of thioether (sulfide) groups is 1. The van der Waals surface area contributed by atoms with Crippen molar-refractivity contribution in [2.45, 2.75) is 37.6 Å². The molecule has 4 heteroatoms. The summed E-state index contributed by atoms with van der Waals surface area (Å²) in [6.07, 6.45) is 6.23. The van der Waals surface area contributed by atoms with Gasteiger partial charge < -0.3 is 14.8 Å². The number of nitrogens with one attached hydrogen (secondary N) is 1. The highest BCUT2D eigenvalue weighted by Crippen LogP contribution is 2.35. The minimum atomic E-state index is 0.801. The first-order valence-electron chi connectivity index (χ1n) is 7.67. The third kappa shape index (κ3) is 4.30. The van der Waals surface area contributed by atoms with Crippen LogP contribution in [-0.4, -0.2) is 27.0 Å². The zero-order valence-corrected chi connectivity index (χ0v) is 14.4. The van der Waals surface area contributed by atoms with Gasteiger partial charge in [-0.2, -0.15) is 0 Å². The van der Waals surface area contributed by atoms with E-state index in [-0.39, 0.29) is 0 Å². The van der Waals surface area contributed by atoms with E-state index in [1.54, 1.807) is 26.0 Å². The van der Waals surface area contributed by atoms with E-state index in [9.17, 15) is 0 Å². The number of methoxy groups -OCH3 is 2. The van der Waals surface area contributed by atoms with Gasteiger partial charge in [0.05, 0.1) is 14.2 Å². The van der Waals surface area contributed by atoms with Gasteiger partial charge in [-0.05, 0) is 55.2 Å². The molecule has 2 atom stereocenters. The Labute approximate surface area is 132 Å². The Morgan fingerprint density at radius 3 is 2.48 bits per heavy atom. The third-order valence-electron chi connectivity index (χ3n) is 4.34. The third-order valence-corrected chi connectivity index (χ3v) is 5.16. The Kier molecular flexibility index (Phi) is 6.24. The van der Waals surface area contributed by atoms with E-state index >= 15 is 0 Å². The Hall–Kier alpha value is -0.870. The lowest BCUT2D eigenvalue weighted by Crippen LogP contribution is -2.21. The summed E-state index contributed by atoms with van der Waals surface area (Å²) >= 11 is 1.75. The minimum absolute atomic E-state index is 0.801. The molecule has 0 radical (unpaired) electrons. The van der Waals surface area contributed by atoms with Crippen molar-refractivity contribution < 1.29 is 9.47 Å². The number of rotatable bonds is 7. The molecule has 0 aliphatic heterocycles. The van der Waals surface area contributed by atoms with Crippen LogP contribution in [0, 0.1) is 11.8 Å². The van der Waals surface area contributed by atoms with Gasteiger partial charge in [-0.15, -0.1) is 11.8 Å². The van der Waals surface area contributed by atoms with Gasteiger partial charge in [0.15, 0.2) is 11.5 Å². The van der Waals surface area contributed by atoms with E-state index < -0.39 is 0 Å². The van der Waals surface area contributed by atoms with Crippen molar-refractivity contribution in [1.82, 2.24) is 5.32 Å². The van der Waals surface area contributed by atoms with Crippen molar-refractivity contribution in [3.8, 4) is 11.5 Å². The van der Waals surface area contributed by atoms with Gasteiger partial charge in [0.2, 0.25) is 0 Å². The molecule has 2 rings (SSSR count). The van der Waals surface area contributed by atoms with Crippen molar-refractivity contribution in [1.29, 1.82) is 0 Å². The van der Waals surface area contributed by atoms with Crippen LogP contribution in [0.1, 0.15) is 31.7 Å². The lowest BCUT2D eigenvalue weighted by atomic mass is 10.1. The highest BCUT2D eigenvalue weighted by molar-refractivity contribution is 7.98. The highest BCUT2D eigenvalue weighted by Gasteiger charge is 2.20. The maximum Gasteiger partial charge on any atom is 0.161 e. The molecule has 1 N–H and O–H groups in total. The second kappa shape index (κ2) is 7.95. The molecule has 1 aliphatic carbocycles. The molecule has 118 valence electrons. The molecular weight excluding hydrogens is 282 g/mol. The summed E-state index contributed by atoms with van der Waals surface area (Å²) in [5, 5.41) is 3.62. The fourth-order valence-corrected chi connectivity index (χ4v) is 3.77. The zero-order chi connectivity index (χ0) is 15.2. The van der Waals surface area contributed by atoms with Crippen molar-refractivity contribution in [2.24, 2.45) is 11.8 Å². The first kappa shape index (κ1) is 16.5. The normalized spacial score (nSPS) is 21.5. The molecular formula is C17H27NO2S. The number of ether oxygens (including phenoxy) is 2. The summed E-state index contributed by atoms with van der Waals surface area (Å²) in [7, 11) is 3.37. The van der Waals surface area contributed by atoms with Gasteiger partial charge in [0, 0.05) is 11.4 Å². The van der Waals surface area contributed by atoms with Gasteiger partial charge in [-0.25, -0.2) is 0 Å². The molecule has 0 spiro atoms. The molecule has 0 heterocycles. The first-order valence-corrected chi connectivity index (χ1v) is 8.90. The topological polar surface area (TPSA) is 30.5 Å². The van der Waals surface area contributed by atoms with Crippen LogP contribution in [0.3, 0.4) is 0 Å². The molecule has 1 aliphatic rings. The number of hydrogen-bond donors (Lipinski definition) is 1. The molecule has 3 nitrogen and oxygen atoms in total. The van der Waals surface area contributed by atoms with Crippen LogP contribution >= 0.6 is 11.8 Å². The van der Waals surface area contributed by atoms with Gasteiger partial charge in [-0.1, -0.05) is 13.3 Å². The van der Waals surface area contributed by atoms with Crippen molar-refractivity contribution in [3.63, 3.8) is 0 Å². The second-order valence-electron chi connectivity index (χ2n) is 5.93. The summed E-state index contributed by atoms with van der Waals surface area (Å²) in [4.78, 5) is 1.25. The second-order valence-corrected chi connectivity index (χ2v) is 6.78. The lowest BCUT2D eigenvalue weighted by molar-refractivity contribution is 0.353. The standard InChI is InChI=1S/C17H27NO2S/c1-12-5-6-13(7-12)10-18-11-14-8-15(19-2)16(20-3)9-17(14)21-4/h8-9,12-13,18H,5-7,10-11H2,1-4H3. The molecule has 2 unspecified atom stereocenters. The average Bonchev–Trinajstić information content (AvgIpc) is 2.92. The monoisotopic (exact) mass is 309 g/mol. The Morgan fingerprint density at radius 1 is 1.19 bits per heavy atom. The smallest absolute Gasteiger partial charge is 0.161 e. The maximum atomic E-state index is 5.41.